The van der Waals surface area contributed by atoms with E-state index in [1.807, 2.05) is 12.3 Å². The molecule has 0 bridgehead atoms. The molecule has 1 saturated carbocycles. The number of hydrogen-bond acceptors (Lipinski definition) is 1. The van der Waals surface area contributed by atoms with Gasteiger partial charge in [-0.25, -0.2) is 0 Å². The topological polar surface area (TPSA) is 12.9 Å². The Balaban J connectivity index is 2.15. The molecule has 0 aliphatic heterocycles. The van der Waals surface area contributed by atoms with E-state index in [0.29, 0.717) is 0 Å². The molecule has 0 saturated heterocycles. The van der Waals surface area contributed by atoms with Crippen LogP contribution in [0.2, 0.25) is 5.02 Å². The van der Waals surface area contributed by atoms with Gasteiger partial charge in [-0.3, -0.25) is 4.98 Å². The maximum Gasteiger partial charge on any atom is 0.0621 e. The highest BCUT2D eigenvalue weighted by Crippen LogP contribution is 2.41. The van der Waals surface area contributed by atoms with Crippen molar-refractivity contribution in [2.24, 2.45) is 5.41 Å². The second-order valence-corrected chi connectivity index (χ2v) is 5.51. The van der Waals surface area contributed by atoms with Gasteiger partial charge in [0, 0.05) is 18.3 Å². The van der Waals surface area contributed by atoms with Gasteiger partial charge in [0.05, 0.1) is 5.02 Å². The molecule has 88 valence electrons. The molecule has 1 aliphatic rings. The largest absolute Gasteiger partial charge is 0.263 e. The predicted octanol–water partition coefficient (Wildman–Crippen LogP) is 4.47. The minimum Gasteiger partial charge on any atom is -0.263 e. The second-order valence-electron chi connectivity index (χ2n) is 4.84. The molecule has 1 aliphatic carbocycles. The molecule has 1 aromatic rings. The molecule has 3 heteroatoms. The summed E-state index contributed by atoms with van der Waals surface area (Å²) < 4.78 is 0. The van der Waals surface area contributed by atoms with Crippen LogP contribution in [0.25, 0.3) is 0 Å². The first-order valence-corrected chi connectivity index (χ1v) is 6.81. The smallest absolute Gasteiger partial charge is 0.0621 e. The van der Waals surface area contributed by atoms with Gasteiger partial charge < -0.3 is 0 Å². The quantitative estimate of drug-likeness (QED) is 0.729. The number of aromatic nitrogens is 1. The number of pyridine rings is 1. The summed E-state index contributed by atoms with van der Waals surface area (Å²) in [5.74, 6) is 0.742. The summed E-state index contributed by atoms with van der Waals surface area (Å²) in [7, 11) is 0. The number of halogens is 2. The van der Waals surface area contributed by atoms with E-state index in [-0.39, 0.29) is 5.41 Å². The van der Waals surface area contributed by atoms with Crippen LogP contribution in [0.3, 0.4) is 0 Å². The van der Waals surface area contributed by atoms with Gasteiger partial charge in [-0.2, -0.15) is 0 Å². The molecule has 0 atom stereocenters. The van der Waals surface area contributed by atoms with Crippen LogP contribution in [0.4, 0.5) is 0 Å². The summed E-state index contributed by atoms with van der Waals surface area (Å²) in [6.07, 6.45) is 10.9. The predicted molar refractivity (Wildman–Crippen MR) is 69.2 cm³/mol. The normalized spacial score (nSPS) is 19.6. The lowest BCUT2D eigenvalue weighted by atomic mass is 9.72. The molecule has 16 heavy (non-hydrogen) atoms. The molecular formula is C13H17Cl2N. The third-order valence-electron chi connectivity index (χ3n) is 3.62. The van der Waals surface area contributed by atoms with Crippen molar-refractivity contribution < 1.29 is 0 Å². The molecule has 0 spiro atoms. The van der Waals surface area contributed by atoms with E-state index in [1.165, 1.54) is 37.7 Å². The molecule has 0 aromatic carbocycles. The first-order valence-electron chi connectivity index (χ1n) is 5.90. The number of nitrogens with zero attached hydrogens (tertiary/aromatic N) is 1. The monoisotopic (exact) mass is 257 g/mol. The van der Waals surface area contributed by atoms with E-state index in [9.17, 15) is 0 Å². The van der Waals surface area contributed by atoms with E-state index in [2.05, 4.69) is 4.98 Å². The summed E-state index contributed by atoms with van der Waals surface area (Å²) in [5.41, 5.74) is 1.46. The van der Waals surface area contributed by atoms with Crippen molar-refractivity contribution in [1.82, 2.24) is 4.98 Å². The first kappa shape index (κ1) is 12.2. The first-order chi connectivity index (χ1) is 7.76. The highest BCUT2D eigenvalue weighted by Gasteiger charge is 2.31. The van der Waals surface area contributed by atoms with Crippen molar-refractivity contribution in [3.05, 3.63) is 29.0 Å². The zero-order chi connectivity index (χ0) is 11.4. The molecule has 0 amide bonds. The molecule has 0 unspecified atom stereocenters. The van der Waals surface area contributed by atoms with Crippen LogP contribution in [0.5, 0.6) is 0 Å². The van der Waals surface area contributed by atoms with Crippen LogP contribution in [-0.4, -0.2) is 10.9 Å². The van der Waals surface area contributed by atoms with E-state index >= 15 is 0 Å². The van der Waals surface area contributed by atoms with E-state index in [0.717, 1.165) is 17.3 Å². The van der Waals surface area contributed by atoms with E-state index < -0.39 is 0 Å². The van der Waals surface area contributed by atoms with E-state index in [4.69, 9.17) is 23.2 Å². The highest BCUT2D eigenvalue weighted by molar-refractivity contribution is 6.31. The zero-order valence-electron chi connectivity index (χ0n) is 9.38. The zero-order valence-corrected chi connectivity index (χ0v) is 10.9. The fourth-order valence-corrected chi connectivity index (χ4v) is 3.16. The molecule has 0 radical (unpaired) electrons. The SMILES string of the molecule is ClCC1(Cc2ccncc2Cl)CCCCC1. The average Bonchev–Trinajstić information content (AvgIpc) is 2.33. The summed E-state index contributed by atoms with van der Waals surface area (Å²) >= 11 is 12.3. The average molecular weight is 258 g/mol. The summed E-state index contributed by atoms with van der Waals surface area (Å²) in [6, 6.07) is 2.02. The van der Waals surface area contributed by atoms with Crippen molar-refractivity contribution in [2.45, 2.75) is 38.5 Å². The van der Waals surface area contributed by atoms with Gasteiger partial charge in [-0.05, 0) is 36.3 Å². The van der Waals surface area contributed by atoms with Gasteiger partial charge in [0.25, 0.3) is 0 Å². The van der Waals surface area contributed by atoms with Crippen molar-refractivity contribution in [3.8, 4) is 0 Å². The van der Waals surface area contributed by atoms with Gasteiger partial charge in [0.15, 0.2) is 0 Å². The van der Waals surface area contributed by atoms with Gasteiger partial charge in [0.1, 0.15) is 0 Å². The Labute approximate surface area is 107 Å². The number of hydrogen-bond donors (Lipinski definition) is 0. The summed E-state index contributed by atoms with van der Waals surface area (Å²) in [6.45, 7) is 0. The van der Waals surface area contributed by atoms with Crippen LogP contribution in [-0.2, 0) is 6.42 Å². The Morgan fingerprint density at radius 3 is 2.62 bits per heavy atom. The Hall–Kier alpha value is -0.270. The number of rotatable bonds is 3. The molecule has 1 aromatic heterocycles. The fourth-order valence-electron chi connectivity index (χ4n) is 2.61. The standard InChI is InChI=1S/C13H17Cl2N/c14-10-13(5-2-1-3-6-13)8-11-4-7-16-9-12(11)15/h4,7,9H,1-3,5-6,8,10H2. The van der Waals surface area contributed by atoms with Crippen LogP contribution >= 0.6 is 23.2 Å². The van der Waals surface area contributed by atoms with Crippen molar-refractivity contribution >= 4 is 23.2 Å². The lowest BCUT2D eigenvalue weighted by Gasteiger charge is -2.35. The van der Waals surface area contributed by atoms with E-state index in [1.54, 1.807) is 6.20 Å². The van der Waals surface area contributed by atoms with Crippen molar-refractivity contribution in [1.29, 1.82) is 0 Å². The molecular weight excluding hydrogens is 241 g/mol. The van der Waals surface area contributed by atoms with Gasteiger partial charge >= 0.3 is 0 Å². The third kappa shape index (κ3) is 2.70. The highest BCUT2D eigenvalue weighted by atomic mass is 35.5. The molecule has 2 rings (SSSR count). The number of alkyl halides is 1. The molecule has 1 heterocycles. The maximum atomic E-state index is 6.18. The maximum absolute atomic E-state index is 6.18. The van der Waals surface area contributed by atoms with Crippen LogP contribution in [0.1, 0.15) is 37.7 Å². The Morgan fingerprint density at radius 1 is 1.25 bits per heavy atom. The van der Waals surface area contributed by atoms with Gasteiger partial charge in [0.2, 0.25) is 0 Å². The lowest BCUT2D eigenvalue weighted by molar-refractivity contribution is 0.219. The Morgan fingerprint density at radius 2 is 2.00 bits per heavy atom. The Bertz CT molecular complexity index is 346. The summed E-state index contributed by atoms with van der Waals surface area (Å²) in [5, 5.41) is 0.776. The molecule has 1 fully saturated rings. The Kier molecular flexibility index (Phi) is 4.10. The minimum atomic E-state index is 0.269. The van der Waals surface area contributed by atoms with Gasteiger partial charge in [-0.1, -0.05) is 30.9 Å². The summed E-state index contributed by atoms with van der Waals surface area (Å²) in [4.78, 5) is 4.02. The lowest BCUT2D eigenvalue weighted by Crippen LogP contribution is -2.28. The van der Waals surface area contributed by atoms with Gasteiger partial charge in [-0.15, -0.1) is 11.6 Å². The van der Waals surface area contributed by atoms with Crippen molar-refractivity contribution in [3.63, 3.8) is 0 Å². The molecule has 0 N–H and O–H groups in total. The van der Waals surface area contributed by atoms with Crippen LogP contribution in [0.15, 0.2) is 18.5 Å². The minimum absolute atomic E-state index is 0.269. The van der Waals surface area contributed by atoms with Crippen molar-refractivity contribution in [2.75, 3.05) is 5.88 Å². The third-order valence-corrected chi connectivity index (χ3v) is 4.53. The van der Waals surface area contributed by atoms with Crippen LogP contribution in [0, 0.1) is 5.41 Å². The van der Waals surface area contributed by atoms with Crippen LogP contribution < -0.4 is 0 Å². The second kappa shape index (κ2) is 5.37. The fraction of sp³-hybridized carbons (Fsp3) is 0.615. The molecule has 1 nitrogen and oxygen atoms in total.